The number of rotatable bonds is 5. The third-order valence-corrected chi connectivity index (χ3v) is 5.12. The summed E-state index contributed by atoms with van der Waals surface area (Å²) in [5.41, 5.74) is -0.965. The van der Waals surface area contributed by atoms with Crippen molar-refractivity contribution in [1.82, 2.24) is 0 Å². The lowest BCUT2D eigenvalue weighted by Crippen LogP contribution is -2.24. The molecule has 0 unspecified atom stereocenters. The maximum atomic E-state index is 13.2. The fraction of sp³-hybridized carbons (Fsp3) is 0.0909. The molecule has 0 aliphatic heterocycles. The summed E-state index contributed by atoms with van der Waals surface area (Å²) >= 11 is 0. The summed E-state index contributed by atoms with van der Waals surface area (Å²) in [5.74, 6) is -2.61. The summed E-state index contributed by atoms with van der Waals surface area (Å²) in [7, 11) is 0. The zero-order valence-electron chi connectivity index (χ0n) is 16.0. The number of fused-ring (bicyclic) bond motifs is 2. The lowest BCUT2D eigenvalue weighted by atomic mass is 9.81. The number of benzene rings is 3. The van der Waals surface area contributed by atoms with E-state index in [1.807, 2.05) is 0 Å². The van der Waals surface area contributed by atoms with E-state index in [2.05, 4.69) is 5.32 Å². The zero-order chi connectivity index (χ0) is 22.3. The van der Waals surface area contributed by atoms with E-state index >= 15 is 0 Å². The average molecular weight is 420 g/mol. The van der Waals surface area contributed by atoms with E-state index in [1.54, 1.807) is 24.3 Å². The van der Waals surface area contributed by atoms with Gasteiger partial charge in [-0.3, -0.25) is 19.7 Å². The fourth-order valence-corrected chi connectivity index (χ4v) is 3.65. The van der Waals surface area contributed by atoms with Gasteiger partial charge in [0.25, 0.3) is 5.69 Å². The molecule has 1 aliphatic carbocycles. The van der Waals surface area contributed by atoms with Gasteiger partial charge in [-0.05, 0) is 42.3 Å². The van der Waals surface area contributed by atoms with Crippen molar-refractivity contribution in [3.8, 4) is 17.2 Å². The third-order valence-electron chi connectivity index (χ3n) is 5.12. The van der Waals surface area contributed by atoms with Crippen molar-refractivity contribution in [2.75, 3.05) is 11.9 Å². The Labute approximate surface area is 175 Å². The number of carbonyl (C=O) groups is 2. The Morgan fingerprint density at radius 1 is 0.774 bits per heavy atom. The van der Waals surface area contributed by atoms with Gasteiger partial charge in [-0.2, -0.15) is 0 Å². The molecular formula is C22H16N2O7. The van der Waals surface area contributed by atoms with Gasteiger partial charge in [0.2, 0.25) is 11.6 Å². The molecule has 0 amide bonds. The normalized spacial score (nSPS) is 12.3. The minimum Gasteiger partial charge on any atom is -0.508 e. The van der Waals surface area contributed by atoms with Crippen LogP contribution in [-0.2, 0) is 6.42 Å². The van der Waals surface area contributed by atoms with Gasteiger partial charge in [-0.15, -0.1) is 0 Å². The van der Waals surface area contributed by atoms with Gasteiger partial charge in [0.15, 0.2) is 0 Å². The van der Waals surface area contributed by atoms with E-state index in [0.717, 1.165) is 17.7 Å². The van der Waals surface area contributed by atoms with Gasteiger partial charge in [0.05, 0.1) is 21.6 Å². The molecule has 0 aromatic heterocycles. The Bertz CT molecular complexity index is 1250. The molecule has 9 nitrogen and oxygen atoms in total. The van der Waals surface area contributed by atoms with E-state index in [-0.39, 0.29) is 22.6 Å². The summed E-state index contributed by atoms with van der Waals surface area (Å²) in [6, 6.07) is 11.2. The molecule has 31 heavy (non-hydrogen) atoms. The molecule has 0 fully saturated rings. The second-order valence-electron chi connectivity index (χ2n) is 6.99. The highest BCUT2D eigenvalue weighted by atomic mass is 16.6. The van der Waals surface area contributed by atoms with E-state index in [4.69, 9.17) is 0 Å². The highest BCUT2D eigenvalue weighted by Gasteiger charge is 2.40. The van der Waals surface area contributed by atoms with Crippen LogP contribution in [0.4, 0.5) is 11.4 Å². The van der Waals surface area contributed by atoms with Crippen molar-refractivity contribution in [1.29, 1.82) is 0 Å². The number of nitrogens with one attached hydrogen (secondary N) is 1. The third kappa shape index (κ3) is 3.31. The van der Waals surface area contributed by atoms with Gasteiger partial charge in [0, 0.05) is 18.3 Å². The summed E-state index contributed by atoms with van der Waals surface area (Å²) in [6.45, 7) is 0.346. The van der Waals surface area contributed by atoms with E-state index < -0.39 is 44.8 Å². The molecule has 4 rings (SSSR count). The van der Waals surface area contributed by atoms with Gasteiger partial charge in [0.1, 0.15) is 22.8 Å². The van der Waals surface area contributed by atoms with Crippen LogP contribution in [0.15, 0.2) is 48.5 Å². The van der Waals surface area contributed by atoms with E-state index in [9.17, 15) is 35.0 Å². The smallest absolute Gasteiger partial charge is 0.281 e. The number of phenolic OH excluding ortho intramolecular Hbond substituents is 3. The van der Waals surface area contributed by atoms with Crippen LogP contribution in [0.1, 0.15) is 37.4 Å². The topological polar surface area (TPSA) is 150 Å². The minimum atomic E-state index is -0.870. The van der Waals surface area contributed by atoms with Crippen molar-refractivity contribution < 1.29 is 29.8 Å². The number of ketones is 2. The Hall–Kier alpha value is -4.40. The highest BCUT2D eigenvalue weighted by Crippen LogP contribution is 2.42. The van der Waals surface area contributed by atoms with Crippen LogP contribution >= 0.6 is 0 Å². The lowest BCUT2D eigenvalue weighted by Gasteiger charge is -2.22. The monoisotopic (exact) mass is 420 g/mol. The molecule has 4 N–H and O–H groups in total. The molecule has 156 valence electrons. The van der Waals surface area contributed by atoms with Crippen LogP contribution < -0.4 is 5.32 Å². The van der Waals surface area contributed by atoms with Gasteiger partial charge in [-0.1, -0.05) is 12.1 Å². The number of nitro benzene ring substituents is 1. The number of nitro groups is 1. The molecule has 3 aromatic rings. The number of phenols is 3. The average Bonchev–Trinajstić information content (AvgIpc) is 2.73. The summed E-state index contributed by atoms with van der Waals surface area (Å²) < 4.78 is 0. The first-order valence-corrected chi connectivity index (χ1v) is 9.27. The van der Waals surface area contributed by atoms with Crippen molar-refractivity contribution in [3.63, 3.8) is 0 Å². The van der Waals surface area contributed by atoms with Crippen LogP contribution in [0, 0.1) is 10.1 Å². The maximum Gasteiger partial charge on any atom is 0.281 e. The Morgan fingerprint density at radius 2 is 1.35 bits per heavy atom. The number of nitrogens with zero attached hydrogens (tertiary/aromatic N) is 1. The molecule has 9 heteroatoms. The number of hydrogen-bond acceptors (Lipinski definition) is 8. The maximum absolute atomic E-state index is 13.2. The predicted octanol–water partition coefficient (Wildman–Crippen LogP) is 3.14. The molecule has 0 bridgehead atoms. The number of hydrogen-bond donors (Lipinski definition) is 4. The number of aromatic hydroxyl groups is 3. The van der Waals surface area contributed by atoms with Gasteiger partial charge in [-0.25, -0.2) is 0 Å². The molecular weight excluding hydrogens is 404 g/mol. The summed E-state index contributed by atoms with van der Waals surface area (Å²) in [6.07, 6.45) is 0.523. The molecule has 0 heterocycles. The first-order valence-electron chi connectivity index (χ1n) is 9.27. The van der Waals surface area contributed by atoms with Crippen molar-refractivity contribution in [2.24, 2.45) is 0 Å². The largest absolute Gasteiger partial charge is 0.508 e. The van der Waals surface area contributed by atoms with Gasteiger partial charge < -0.3 is 20.6 Å². The Balaban J connectivity index is 1.75. The predicted molar refractivity (Wildman–Crippen MR) is 110 cm³/mol. The standard InChI is InChI=1S/C22H16N2O7/c25-12-3-1-11(2-4-12)9-10-23-13-5-7-15(26)19-17(13)21(28)18-14(24(30)31)6-8-16(27)20(18)22(19)29/h1-8,23,25-27H,9-10H2. The molecule has 0 radical (unpaired) electrons. The fourth-order valence-electron chi connectivity index (χ4n) is 3.65. The molecule has 0 saturated heterocycles. The van der Waals surface area contributed by atoms with Gasteiger partial charge >= 0.3 is 0 Å². The Kier molecular flexibility index (Phi) is 4.78. The van der Waals surface area contributed by atoms with Crippen molar-refractivity contribution >= 4 is 22.9 Å². The second-order valence-corrected chi connectivity index (χ2v) is 6.99. The summed E-state index contributed by atoms with van der Waals surface area (Å²) in [4.78, 5) is 36.9. The number of carbonyl (C=O) groups excluding carboxylic acids is 2. The summed E-state index contributed by atoms with van der Waals surface area (Å²) in [5, 5.41) is 44.2. The van der Waals surface area contributed by atoms with Crippen molar-refractivity contribution in [3.05, 3.63) is 86.5 Å². The molecule has 3 aromatic carbocycles. The lowest BCUT2D eigenvalue weighted by molar-refractivity contribution is -0.385. The first kappa shape index (κ1) is 19.9. The van der Waals surface area contributed by atoms with Crippen molar-refractivity contribution in [2.45, 2.75) is 6.42 Å². The van der Waals surface area contributed by atoms with Crippen LogP contribution in [0.3, 0.4) is 0 Å². The second kappa shape index (κ2) is 7.45. The van der Waals surface area contributed by atoms with Crippen LogP contribution in [0.2, 0.25) is 0 Å². The molecule has 0 atom stereocenters. The highest BCUT2D eigenvalue weighted by molar-refractivity contribution is 6.33. The van der Waals surface area contributed by atoms with Crippen LogP contribution in [0.25, 0.3) is 0 Å². The molecule has 1 aliphatic rings. The van der Waals surface area contributed by atoms with E-state index in [0.29, 0.717) is 13.0 Å². The van der Waals surface area contributed by atoms with Crippen LogP contribution in [-0.4, -0.2) is 38.4 Å². The minimum absolute atomic E-state index is 0.136. The first-order chi connectivity index (χ1) is 14.8. The quantitative estimate of drug-likeness (QED) is 0.218. The number of anilines is 1. The Morgan fingerprint density at radius 3 is 2.00 bits per heavy atom. The van der Waals surface area contributed by atoms with Crippen LogP contribution in [0.5, 0.6) is 17.2 Å². The zero-order valence-corrected chi connectivity index (χ0v) is 16.0. The molecule has 0 saturated carbocycles. The molecule has 0 spiro atoms. The van der Waals surface area contributed by atoms with E-state index in [1.165, 1.54) is 12.1 Å². The SMILES string of the molecule is O=C1c2c(O)ccc(NCCc3ccc(O)cc3)c2C(=O)c2c([N+](=O)[O-])ccc(O)c21.